The molecule has 1 N–H and O–H groups in total. The van der Waals surface area contributed by atoms with Crippen LogP contribution in [-0.2, 0) is 15.6 Å². The van der Waals surface area contributed by atoms with Crippen molar-refractivity contribution in [1.29, 1.82) is 0 Å². The Morgan fingerprint density at radius 2 is 2.06 bits per heavy atom. The highest BCUT2D eigenvalue weighted by Crippen LogP contribution is 2.11. The third kappa shape index (κ3) is 2.81. The molecule has 1 aromatic carbocycles. The summed E-state index contributed by atoms with van der Waals surface area (Å²) in [7, 11) is -3.17. The lowest BCUT2D eigenvalue weighted by atomic mass is 10.2. The second-order valence-corrected chi connectivity index (χ2v) is 6.02. The monoisotopic (exact) mass is 239 g/mol. The summed E-state index contributed by atoms with van der Waals surface area (Å²) in [5, 5.41) is 6.62. The summed E-state index contributed by atoms with van der Waals surface area (Å²) in [6.07, 6.45) is 0. The number of rotatable bonds is 3. The van der Waals surface area contributed by atoms with Crippen LogP contribution >= 0.6 is 0 Å². The average Bonchev–Trinajstić information content (AvgIpc) is 2.31. The Morgan fingerprint density at radius 3 is 2.69 bits per heavy atom. The van der Waals surface area contributed by atoms with Gasteiger partial charge in [0.2, 0.25) is 0 Å². The van der Waals surface area contributed by atoms with E-state index in [0.29, 0.717) is 13.1 Å². The molecule has 1 fully saturated rings. The second-order valence-electron chi connectivity index (χ2n) is 3.86. The first kappa shape index (κ1) is 11.6. The van der Waals surface area contributed by atoms with Gasteiger partial charge in [-0.1, -0.05) is 30.3 Å². The molecule has 1 saturated heterocycles. The van der Waals surface area contributed by atoms with Crippen LogP contribution in [0.4, 0.5) is 0 Å². The molecule has 0 bridgehead atoms. The Morgan fingerprint density at radius 1 is 1.31 bits per heavy atom. The summed E-state index contributed by atoms with van der Waals surface area (Å²) in [6, 6.07) is 9.23. The van der Waals surface area contributed by atoms with Crippen LogP contribution in [0.2, 0.25) is 0 Å². The molecule has 1 aliphatic heterocycles. The molecule has 0 saturated carbocycles. The van der Waals surface area contributed by atoms with Crippen molar-refractivity contribution in [3.63, 3.8) is 0 Å². The third-order valence-electron chi connectivity index (χ3n) is 2.57. The number of hydrogen-bond acceptors (Lipinski definition) is 3. The van der Waals surface area contributed by atoms with Gasteiger partial charge in [0.05, 0.1) is 5.75 Å². The van der Waals surface area contributed by atoms with E-state index in [0.717, 1.165) is 12.1 Å². The maximum atomic E-state index is 12.0. The van der Waals surface area contributed by atoms with Crippen LogP contribution < -0.4 is 10.6 Å². The van der Waals surface area contributed by atoms with Crippen LogP contribution in [0.15, 0.2) is 30.3 Å². The normalized spacial score (nSPS) is 21.9. The van der Waals surface area contributed by atoms with Gasteiger partial charge in [-0.15, -0.1) is 0 Å². The van der Waals surface area contributed by atoms with E-state index in [1.54, 1.807) is 0 Å². The lowest BCUT2D eigenvalue weighted by Crippen LogP contribution is -2.48. The van der Waals surface area contributed by atoms with Gasteiger partial charge >= 0.3 is 0 Å². The van der Waals surface area contributed by atoms with Crippen LogP contribution in [-0.4, -0.2) is 33.4 Å². The molecule has 1 heterocycles. The molecular weight excluding hydrogens is 224 g/mol. The molecule has 0 amide bonds. The van der Waals surface area contributed by atoms with Gasteiger partial charge in [0, 0.05) is 19.6 Å². The molecule has 0 aromatic heterocycles. The van der Waals surface area contributed by atoms with Crippen LogP contribution in [0, 0.1) is 0 Å². The highest BCUT2D eigenvalue weighted by Gasteiger charge is 2.27. The van der Waals surface area contributed by atoms with Crippen molar-refractivity contribution in [2.75, 3.05) is 19.6 Å². The summed E-state index contributed by atoms with van der Waals surface area (Å²) in [5.41, 5.74) is 0.822. The number of hydrogen-bond donors (Lipinski definition) is 1. The standard InChI is InChI=1S/C11H15N2O2S/c14-16(15,11-8-12-6-7-13-11)9-10-4-2-1-3-5-10/h1-5,11-12H,6-9H2. The molecular formula is C11H15N2O2S. The minimum Gasteiger partial charge on any atom is -0.313 e. The van der Waals surface area contributed by atoms with E-state index in [-0.39, 0.29) is 5.75 Å². The van der Waals surface area contributed by atoms with Gasteiger partial charge in [0.15, 0.2) is 9.84 Å². The maximum Gasteiger partial charge on any atom is 0.173 e. The predicted octanol–water partition coefficient (Wildman–Crippen LogP) is 0.135. The summed E-state index contributed by atoms with van der Waals surface area (Å²) >= 11 is 0. The molecule has 0 spiro atoms. The number of nitrogens with zero attached hydrogens (tertiary/aromatic N) is 1. The zero-order valence-corrected chi connectivity index (χ0v) is 9.78. The minimum atomic E-state index is -3.17. The van der Waals surface area contributed by atoms with Gasteiger partial charge in [-0.3, -0.25) is 0 Å². The number of sulfone groups is 1. The molecule has 0 aliphatic carbocycles. The van der Waals surface area contributed by atoms with Gasteiger partial charge in [0.25, 0.3) is 0 Å². The van der Waals surface area contributed by atoms with E-state index in [1.165, 1.54) is 0 Å². The quantitative estimate of drug-likeness (QED) is 0.816. The molecule has 4 nitrogen and oxygen atoms in total. The molecule has 1 unspecified atom stereocenters. The van der Waals surface area contributed by atoms with Crippen molar-refractivity contribution in [3.8, 4) is 0 Å². The van der Waals surface area contributed by atoms with Crippen LogP contribution in [0.5, 0.6) is 0 Å². The van der Waals surface area contributed by atoms with E-state index in [2.05, 4.69) is 10.6 Å². The van der Waals surface area contributed by atoms with E-state index in [4.69, 9.17) is 0 Å². The molecule has 1 aromatic rings. The predicted molar refractivity (Wildman–Crippen MR) is 62.7 cm³/mol. The number of piperazine rings is 1. The molecule has 1 radical (unpaired) electrons. The molecule has 1 aliphatic rings. The van der Waals surface area contributed by atoms with Gasteiger partial charge in [-0.05, 0) is 5.56 Å². The van der Waals surface area contributed by atoms with E-state index < -0.39 is 15.2 Å². The van der Waals surface area contributed by atoms with Crippen LogP contribution in [0.25, 0.3) is 0 Å². The lowest BCUT2D eigenvalue weighted by Gasteiger charge is -2.22. The van der Waals surface area contributed by atoms with Gasteiger partial charge in [-0.25, -0.2) is 13.7 Å². The SMILES string of the molecule is O=S(=O)(Cc1ccccc1)C1CNCC[N]1. The summed E-state index contributed by atoms with van der Waals surface area (Å²) in [5.74, 6) is 0.0731. The van der Waals surface area contributed by atoms with Gasteiger partial charge in [-0.2, -0.15) is 0 Å². The fourth-order valence-electron chi connectivity index (χ4n) is 1.72. The molecule has 1 atom stereocenters. The fraction of sp³-hybridized carbons (Fsp3) is 0.455. The van der Waals surface area contributed by atoms with Crippen molar-refractivity contribution in [2.45, 2.75) is 11.1 Å². The Kier molecular flexibility index (Phi) is 3.58. The topological polar surface area (TPSA) is 60.3 Å². The Hall–Kier alpha value is -0.910. The Bertz CT molecular complexity index is 425. The fourth-order valence-corrected chi connectivity index (χ4v) is 3.27. The summed E-state index contributed by atoms with van der Waals surface area (Å²) in [4.78, 5) is 0. The van der Waals surface area contributed by atoms with Crippen molar-refractivity contribution in [2.24, 2.45) is 0 Å². The first-order valence-corrected chi connectivity index (χ1v) is 7.03. The smallest absolute Gasteiger partial charge is 0.173 e. The van der Waals surface area contributed by atoms with Gasteiger partial charge in [0.1, 0.15) is 5.37 Å². The van der Waals surface area contributed by atoms with Crippen molar-refractivity contribution in [3.05, 3.63) is 35.9 Å². The Balaban J connectivity index is 2.08. The van der Waals surface area contributed by atoms with E-state index in [1.807, 2.05) is 30.3 Å². The first-order valence-electron chi connectivity index (χ1n) is 5.31. The first-order chi connectivity index (χ1) is 7.68. The van der Waals surface area contributed by atoms with Crippen molar-refractivity contribution >= 4 is 9.84 Å². The lowest BCUT2D eigenvalue weighted by molar-refractivity contribution is 0.467. The molecule has 5 heteroatoms. The average molecular weight is 239 g/mol. The highest BCUT2D eigenvalue weighted by molar-refractivity contribution is 7.91. The van der Waals surface area contributed by atoms with Crippen molar-refractivity contribution < 1.29 is 8.42 Å². The molecule has 16 heavy (non-hydrogen) atoms. The number of nitrogens with one attached hydrogen (secondary N) is 1. The molecule has 2 rings (SSSR count). The minimum absolute atomic E-state index is 0.0731. The zero-order chi connectivity index (χ0) is 11.4. The number of benzene rings is 1. The third-order valence-corrected chi connectivity index (χ3v) is 4.45. The highest BCUT2D eigenvalue weighted by atomic mass is 32.2. The largest absolute Gasteiger partial charge is 0.313 e. The van der Waals surface area contributed by atoms with Crippen LogP contribution in [0.1, 0.15) is 5.56 Å². The van der Waals surface area contributed by atoms with Crippen molar-refractivity contribution in [1.82, 2.24) is 10.6 Å². The zero-order valence-electron chi connectivity index (χ0n) is 8.96. The summed E-state index contributed by atoms with van der Waals surface area (Å²) in [6.45, 7) is 1.80. The molecule has 87 valence electrons. The Labute approximate surface area is 96.0 Å². The maximum absolute atomic E-state index is 12.0. The van der Waals surface area contributed by atoms with Gasteiger partial charge < -0.3 is 5.32 Å². The van der Waals surface area contributed by atoms with E-state index >= 15 is 0 Å². The van der Waals surface area contributed by atoms with Crippen LogP contribution in [0.3, 0.4) is 0 Å². The summed E-state index contributed by atoms with van der Waals surface area (Å²) < 4.78 is 24.0. The van der Waals surface area contributed by atoms with E-state index in [9.17, 15) is 8.42 Å². The second kappa shape index (κ2) is 4.95.